The van der Waals surface area contributed by atoms with Crippen molar-refractivity contribution in [3.05, 3.63) is 12.1 Å². The van der Waals surface area contributed by atoms with E-state index in [9.17, 15) is 8.42 Å². The summed E-state index contributed by atoms with van der Waals surface area (Å²) in [4.78, 5) is 0. The average molecular weight is 315 g/mol. The van der Waals surface area contributed by atoms with Crippen LogP contribution in [-0.4, -0.2) is 40.0 Å². The fourth-order valence-electron chi connectivity index (χ4n) is 2.11. The lowest BCUT2D eigenvalue weighted by Gasteiger charge is -2.27. The summed E-state index contributed by atoms with van der Waals surface area (Å²) in [5.41, 5.74) is 6.52. The lowest BCUT2D eigenvalue weighted by molar-refractivity contribution is 0.172. The molecule has 0 aromatic heterocycles. The van der Waals surface area contributed by atoms with Crippen LogP contribution in [0.15, 0.2) is 12.1 Å². The molecule has 0 amide bonds. The lowest BCUT2D eigenvalue weighted by atomic mass is 10.1. The molecular formula is C13H21N3O4S. The molecule has 0 radical (unpaired) electrons. The first-order valence-corrected chi connectivity index (χ1v) is 8.47. The molecule has 4 N–H and O–H groups in total. The van der Waals surface area contributed by atoms with Gasteiger partial charge in [-0.3, -0.25) is 0 Å². The molecule has 1 heterocycles. The molecule has 0 bridgehead atoms. The summed E-state index contributed by atoms with van der Waals surface area (Å²) in [7, 11) is -3.28. The Morgan fingerprint density at radius 3 is 2.38 bits per heavy atom. The van der Waals surface area contributed by atoms with Crippen molar-refractivity contribution in [2.45, 2.75) is 19.4 Å². The van der Waals surface area contributed by atoms with Crippen molar-refractivity contribution in [2.75, 3.05) is 37.1 Å². The van der Waals surface area contributed by atoms with Gasteiger partial charge in [-0.2, -0.15) is 0 Å². The number of hydrogen-bond donors (Lipinski definition) is 3. The topological polar surface area (TPSA) is 103 Å². The minimum Gasteiger partial charge on any atom is -0.486 e. The Morgan fingerprint density at radius 2 is 1.81 bits per heavy atom. The van der Waals surface area contributed by atoms with Gasteiger partial charge in [0.15, 0.2) is 11.5 Å². The number of sulfonamides is 1. The maximum absolute atomic E-state index is 11.3. The van der Waals surface area contributed by atoms with E-state index in [1.165, 1.54) is 0 Å². The molecule has 1 aliphatic heterocycles. The molecule has 0 saturated heterocycles. The zero-order valence-electron chi connectivity index (χ0n) is 12.4. The summed E-state index contributed by atoms with van der Waals surface area (Å²) in [6.07, 6.45) is 1.13. The summed E-state index contributed by atoms with van der Waals surface area (Å²) in [6.45, 7) is 4.95. The Balaban J connectivity index is 2.09. The quantitative estimate of drug-likeness (QED) is 0.694. The molecular weight excluding hydrogens is 294 g/mol. The summed E-state index contributed by atoms with van der Waals surface area (Å²) < 4.78 is 36.1. The van der Waals surface area contributed by atoms with E-state index >= 15 is 0 Å². The van der Waals surface area contributed by atoms with Gasteiger partial charge in [-0.25, -0.2) is 13.1 Å². The zero-order chi connectivity index (χ0) is 15.7. The Hall–Kier alpha value is -1.67. The van der Waals surface area contributed by atoms with Crippen molar-refractivity contribution in [1.82, 2.24) is 4.72 Å². The highest BCUT2D eigenvalue weighted by atomic mass is 32.2. The van der Waals surface area contributed by atoms with E-state index in [0.29, 0.717) is 42.6 Å². The van der Waals surface area contributed by atoms with E-state index in [-0.39, 0.29) is 0 Å². The van der Waals surface area contributed by atoms with Crippen molar-refractivity contribution < 1.29 is 17.9 Å². The van der Waals surface area contributed by atoms with Crippen LogP contribution in [0.3, 0.4) is 0 Å². The number of nitrogen functional groups attached to an aromatic ring is 1. The second kappa shape index (κ2) is 5.61. The molecule has 118 valence electrons. The highest BCUT2D eigenvalue weighted by Gasteiger charge is 2.23. The largest absolute Gasteiger partial charge is 0.486 e. The van der Waals surface area contributed by atoms with Crippen LogP contribution in [0.5, 0.6) is 11.5 Å². The smallest absolute Gasteiger partial charge is 0.209 e. The summed E-state index contributed by atoms with van der Waals surface area (Å²) in [5.74, 6) is 1.25. The second-order valence-electron chi connectivity index (χ2n) is 5.69. The van der Waals surface area contributed by atoms with Gasteiger partial charge in [-0.15, -0.1) is 0 Å². The molecule has 0 spiro atoms. The normalized spacial score (nSPS) is 14.8. The third-order valence-electron chi connectivity index (χ3n) is 2.90. The summed E-state index contributed by atoms with van der Waals surface area (Å²) in [5, 5.41) is 3.14. The van der Waals surface area contributed by atoms with E-state index in [1.807, 2.05) is 0 Å². The van der Waals surface area contributed by atoms with Crippen LogP contribution in [0.25, 0.3) is 0 Å². The molecule has 0 saturated carbocycles. The molecule has 7 nitrogen and oxygen atoms in total. The fraction of sp³-hybridized carbons (Fsp3) is 0.538. The fourth-order valence-corrected chi connectivity index (χ4v) is 3.19. The standard InChI is InChI=1S/C13H21N3O4S/c1-13(2,16-21(3,17)18)8-15-10-7-12-11(6-9(10)14)19-4-5-20-12/h6-7,15-16H,4-5,8,14H2,1-3H3. The van der Waals surface area contributed by atoms with Gasteiger partial charge in [-0.1, -0.05) is 0 Å². The van der Waals surface area contributed by atoms with Crippen LogP contribution in [0.4, 0.5) is 11.4 Å². The minimum absolute atomic E-state index is 0.379. The van der Waals surface area contributed by atoms with Gasteiger partial charge in [0.25, 0.3) is 0 Å². The molecule has 0 atom stereocenters. The Morgan fingerprint density at radius 1 is 1.24 bits per heavy atom. The SMILES string of the molecule is CC(C)(CNc1cc2c(cc1N)OCCO2)NS(C)(=O)=O. The maximum Gasteiger partial charge on any atom is 0.209 e. The Kier molecular flexibility index (Phi) is 4.20. The van der Waals surface area contributed by atoms with Crippen LogP contribution in [0, 0.1) is 0 Å². The van der Waals surface area contributed by atoms with E-state index in [2.05, 4.69) is 10.0 Å². The van der Waals surface area contributed by atoms with E-state index < -0.39 is 15.6 Å². The van der Waals surface area contributed by atoms with Crippen LogP contribution < -0.4 is 25.2 Å². The third kappa shape index (κ3) is 4.40. The first-order valence-electron chi connectivity index (χ1n) is 6.58. The van der Waals surface area contributed by atoms with Crippen molar-refractivity contribution >= 4 is 21.4 Å². The lowest BCUT2D eigenvalue weighted by Crippen LogP contribution is -2.47. The van der Waals surface area contributed by atoms with Gasteiger partial charge in [0.05, 0.1) is 17.6 Å². The molecule has 21 heavy (non-hydrogen) atoms. The number of rotatable bonds is 5. The molecule has 1 aliphatic rings. The van der Waals surface area contributed by atoms with Gasteiger partial charge in [0.2, 0.25) is 10.0 Å². The first kappa shape index (κ1) is 15.7. The second-order valence-corrected chi connectivity index (χ2v) is 7.44. The first-order chi connectivity index (χ1) is 9.66. The number of benzene rings is 1. The van der Waals surface area contributed by atoms with Gasteiger partial charge in [0.1, 0.15) is 13.2 Å². The highest BCUT2D eigenvalue weighted by molar-refractivity contribution is 7.88. The van der Waals surface area contributed by atoms with Gasteiger partial charge in [0, 0.05) is 24.2 Å². The zero-order valence-corrected chi connectivity index (χ0v) is 13.2. The summed E-state index contributed by atoms with van der Waals surface area (Å²) in [6, 6.07) is 3.47. The molecule has 0 aliphatic carbocycles. The van der Waals surface area contributed by atoms with E-state index in [1.54, 1.807) is 26.0 Å². The molecule has 8 heteroatoms. The molecule has 1 aromatic rings. The predicted octanol–water partition coefficient (Wildman–Crippen LogP) is 0.780. The van der Waals surface area contributed by atoms with Crippen molar-refractivity contribution in [1.29, 1.82) is 0 Å². The number of ether oxygens (including phenoxy) is 2. The Bertz CT molecular complexity index is 629. The van der Waals surface area contributed by atoms with Crippen molar-refractivity contribution in [2.24, 2.45) is 0 Å². The highest BCUT2D eigenvalue weighted by Crippen LogP contribution is 2.37. The van der Waals surface area contributed by atoms with Crippen LogP contribution in [0.2, 0.25) is 0 Å². The number of nitrogens with one attached hydrogen (secondary N) is 2. The molecule has 1 aromatic carbocycles. The number of nitrogens with two attached hydrogens (primary N) is 1. The monoisotopic (exact) mass is 315 g/mol. The number of anilines is 2. The predicted molar refractivity (Wildman–Crippen MR) is 82.4 cm³/mol. The van der Waals surface area contributed by atoms with E-state index in [4.69, 9.17) is 15.2 Å². The maximum atomic E-state index is 11.3. The minimum atomic E-state index is -3.28. The number of hydrogen-bond acceptors (Lipinski definition) is 6. The van der Waals surface area contributed by atoms with Crippen LogP contribution >= 0.6 is 0 Å². The van der Waals surface area contributed by atoms with Gasteiger partial charge >= 0.3 is 0 Å². The average Bonchev–Trinajstić information content (AvgIpc) is 2.33. The van der Waals surface area contributed by atoms with Crippen molar-refractivity contribution in [3.63, 3.8) is 0 Å². The Labute approximate surface area is 124 Å². The molecule has 2 rings (SSSR count). The number of fused-ring (bicyclic) bond motifs is 1. The van der Waals surface area contributed by atoms with Crippen LogP contribution in [0.1, 0.15) is 13.8 Å². The van der Waals surface area contributed by atoms with E-state index in [0.717, 1.165) is 6.26 Å². The molecule has 0 unspecified atom stereocenters. The van der Waals surface area contributed by atoms with Gasteiger partial charge < -0.3 is 20.5 Å². The summed E-state index contributed by atoms with van der Waals surface area (Å²) >= 11 is 0. The van der Waals surface area contributed by atoms with Crippen molar-refractivity contribution in [3.8, 4) is 11.5 Å². The van der Waals surface area contributed by atoms with Gasteiger partial charge in [-0.05, 0) is 13.8 Å². The third-order valence-corrected chi connectivity index (χ3v) is 3.82. The van der Waals surface area contributed by atoms with Crippen LogP contribution in [-0.2, 0) is 10.0 Å². The molecule has 0 fully saturated rings.